The summed E-state index contributed by atoms with van der Waals surface area (Å²) in [6, 6.07) is 3.89. The number of methoxy groups -OCH3 is 1. The number of hydrogen-bond donors (Lipinski definition) is 0. The van der Waals surface area contributed by atoms with Crippen molar-refractivity contribution in [2.24, 2.45) is 7.05 Å². The molecule has 0 saturated heterocycles. The number of Topliss-reactive ketones (excluding diaryl/α,β-unsaturated/α-hetero) is 1. The Morgan fingerprint density at radius 2 is 2.20 bits per heavy atom. The number of thioether (sulfide) groups is 1. The summed E-state index contributed by atoms with van der Waals surface area (Å²) in [5.41, 5.74) is 0.235. The number of aryl methyl sites for hydroxylation is 1. The molecule has 2 rings (SSSR count). The lowest BCUT2D eigenvalue weighted by Crippen LogP contribution is -2.06. The average molecular weight is 295 g/mol. The van der Waals surface area contributed by atoms with Crippen molar-refractivity contribution >= 4 is 17.5 Å². The van der Waals surface area contributed by atoms with Gasteiger partial charge in [-0.1, -0.05) is 11.8 Å². The molecule has 0 bridgehead atoms. The Morgan fingerprint density at radius 3 is 2.80 bits per heavy atom. The molecule has 106 valence electrons. The fraction of sp³-hybridized carbons (Fsp3) is 0.308. The minimum atomic E-state index is -0.464. The zero-order chi connectivity index (χ0) is 14.7. The lowest BCUT2D eigenvalue weighted by Gasteiger charge is -2.07. The van der Waals surface area contributed by atoms with Gasteiger partial charge in [-0.25, -0.2) is 4.39 Å². The van der Waals surface area contributed by atoms with Crippen LogP contribution in [0.3, 0.4) is 0 Å². The van der Waals surface area contributed by atoms with Crippen LogP contribution in [-0.4, -0.2) is 33.4 Å². The summed E-state index contributed by atoms with van der Waals surface area (Å²) in [5.74, 6) is 0.598. The van der Waals surface area contributed by atoms with E-state index in [2.05, 4.69) is 10.2 Å². The highest BCUT2D eigenvalue weighted by atomic mass is 32.2. The molecule has 0 aliphatic rings. The van der Waals surface area contributed by atoms with Crippen LogP contribution in [0.4, 0.5) is 4.39 Å². The number of rotatable bonds is 5. The third kappa shape index (κ3) is 2.98. The Balaban J connectivity index is 2.12. The van der Waals surface area contributed by atoms with Crippen LogP contribution in [0.1, 0.15) is 16.2 Å². The molecule has 0 unspecified atom stereocenters. The summed E-state index contributed by atoms with van der Waals surface area (Å²) in [6.45, 7) is 1.83. The molecule has 1 aromatic heterocycles. The molecular weight excluding hydrogens is 281 g/mol. The van der Waals surface area contributed by atoms with Gasteiger partial charge in [-0.15, -0.1) is 10.2 Å². The Morgan fingerprint density at radius 1 is 1.45 bits per heavy atom. The second-order valence-corrected chi connectivity index (χ2v) is 5.09. The standard InChI is InChI=1S/C13H14FN3O2S/c1-8-15-16-13(17(8)2)20-7-11(18)10-6-9(14)4-5-12(10)19-3/h4-6H,7H2,1-3H3. The predicted molar refractivity (Wildman–Crippen MR) is 73.7 cm³/mol. The van der Waals surface area contributed by atoms with Gasteiger partial charge in [0.1, 0.15) is 17.4 Å². The quantitative estimate of drug-likeness (QED) is 0.625. The van der Waals surface area contributed by atoms with Crippen LogP contribution in [0.5, 0.6) is 5.75 Å². The van der Waals surface area contributed by atoms with Crippen molar-refractivity contribution in [2.75, 3.05) is 12.9 Å². The fourth-order valence-corrected chi connectivity index (χ4v) is 2.46. The van der Waals surface area contributed by atoms with Crippen molar-refractivity contribution in [2.45, 2.75) is 12.1 Å². The molecule has 1 heterocycles. The Kier molecular flexibility index (Phi) is 4.39. The van der Waals surface area contributed by atoms with Gasteiger partial charge in [0.05, 0.1) is 18.4 Å². The lowest BCUT2D eigenvalue weighted by molar-refractivity contribution is 0.101. The van der Waals surface area contributed by atoms with Gasteiger partial charge in [0.25, 0.3) is 0 Å². The molecular formula is C13H14FN3O2S. The zero-order valence-electron chi connectivity index (χ0n) is 11.4. The van der Waals surface area contributed by atoms with Crippen LogP contribution in [0.15, 0.2) is 23.4 Å². The first-order chi connectivity index (χ1) is 9.52. The molecule has 5 nitrogen and oxygen atoms in total. The summed E-state index contributed by atoms with van der Waals surface area (Å²) in [6.07, 6.45) is 0. The molecule has 2 aromatic rings. The van der Waals surface area contributed by atoms with Gasteiger partial charge in [-0.05, 0) is 25.1 Å². The summed E-state index contributed by atoms with van der Waals surface area (Å²) in [4.78, 5) is 12.1. The number of nitrogens with zero attached hydrogens (tertiary/aromatic N) is 3. The first-order valence-electron chi connectivity index (χ1n) is 5.88. The van der Waals surface area contributed by atoms with Crippen LogP contribution in [0.2, 0.25) is 0 Å². The van der Waals surface area contributed by atoms with E-state index in [1.165, 1.54) is 37.1 Å². The molecule has 1 aromatic carbocycles. The smallest absolute Gasteiger partial charge is 0.191 e. The third-order valence-electron chi connectivity index (χ3n) is 2.85. The monoisotopic (exact) mass is 295 g/mol. The van der Waals surface area contributed by atoms with E-state index in [1.807, 2.05) is 14.0 Å². The number of benzene rings is 1. The second-order valence-electron chi connectivity index (χ2n) is 4.15. The molecule has 20 heavy (non-hydrogen) atoms. The maximum absolute atomic E-state index is 13.2. The maximum Gasteiger partial charge on any atom is 0.191 e. The molecule has 0 N–H and O–H groups in total. The molecule has 0 spiro atoms. The van der Waals surface area contributed by atoms with E-state index in [-0.39, 0.29) is 17.1 Å². The lowest BCUT2D eigenvalue weighted by atomic mass is 10.1. The van der Waals surface area contributed by atoms with Crippen molar-refractivity contribution in [1.82, 2.24) is 14.8 Å². The summed E-state index contributed by atoms with van der Waals surface area (Å²) in [5, 5.41) is 8.51. The molecule has 0 fully saturated rings. The van der Waals surface area contributed by atoms with Crippen molar-refractivity contribution in [1.29, 1.82) is 0 Å². The number of carbonyl (C=O) groups excluding carboxylic acids is 1. The minimum absolute atomic E-state index is 0.145. The van der Waals surface area contributed by atoms with Crippen molar-refractivity contribution in [3.63, 3.8) is 0 Å². The molecule has 0 saturated carbocycles. The van der Waals surface area contributed by atoms with Gasteiger partial charge in [0.15, 0.2) is 10.9 Å². The van der Waals surface area contributed by atoms with Gasteiger partial charge < -0.3 is 9.30 Å². The molecule has 0 radical (unpaired) electrons. The van der Waals surface area contributed by atoms with Gasteiger partial charge in [0.2, 0.25) is 0 Å². The van der Waals surface area contributed by atoms with Crippen LogP contribution in [0.25, 0.3) is 0 Å². The summed E-state index contributed by atoms with van der Waals surface area (Å²) < 4.78 is 20.1. The molecule has 0 amide bonds. The first-order valence-corrected chi connectivity index (χ1v) is 6.87. The summed E-state index contributed by atoms with van der Waals surface area (Å²) >= 11 is 1.26. The predicted octanol–water partition coefficient (Wildman–Crippen LogP) is 2.25. The van der Waals surface area contributed by atoms with Gasteiger partial charge in [0, 0.05) is 7.05 Å². The van der Waals surface area contributed by atoms with E-state index in [4.69, 9.17) is 4.74 Å². The number of hydrogen-bond acceptors (Lipinski definition) is 5. The topological polar surface area (TPSA) is 57.0 Å². The van der Waals surface area contributed by atoms with Crippen molar-refractivity contribution < 1.29 is 13.9 Å². The highest BCUT2D eigenvalue weighted by molar-refractivity contribution is 7.99. The van der Waals surface area contributed by atoms with Crippen LogP contribution >= 0.6 is 11.8 Å². The van der Waals surface area contributed by atoms with E-state index in [0.29, 0.717) is 10.9 Å². The molecule has 0 aliphatic carbocycles. The number of halogens is 1. The summed E-state index contributed by atoms with van der Waals surface area (Å²) in [7, 11) is 3.27. The van der Waals surface area contributed by atoms with E-state index in [9.17, 15) is 9.18 Å². The van der Waals surface area contributed by atoms with E-state index in [1.54, 1.807) is 4.57 Å². The Hall–Kier alpha value is -1.89. The van der Waals surface area contributed by atoms with E-state index < -0.39 is 5.82 Å². The first kappa shape index (κ1) is 14.5. The molecule has 0 atom stereocenters. The van der Waals surface area contributed by atoms with E-state index in [0.717, 1.165) is 5.82 Å². The molecule has 0 aliphatic heterocycles. The number of ether oxygens (including phenoxy) is 1. The maximum atomic E-state index is 13.2. The third-order valence-corrected chi connectivity index (χ3v) is 3.87. The average Bonchev–Trinajstić information content (AvgIpc) is 2.76. The zero-order valence-corrected chi connectivity index (χ0v) is 12.2. The Labute approximate surface area is 120 Å². The van der Waals surface area contributed by atoms with E-state index >= 15 is 0 Å². The van der Waals surface area contributed by atoms with Gasteiger partial charge in [-0.3, -0.25) is 4.79 Å². The van der Waals surface area contributed by atoms with Gasteiger partial charge in [-0.2, -0.15) is 0 Å². The van der Waals surface area contributed by atoms with Crippen LogP contribution < -0.4 is 4.74 Å². The SMILES string of the molecule is COc1ccc(F)cc1C(=O)CSc1nnc(C)n1C. The second kappa shape index (κ2) is 6.04. The van der Waals surface area contributed by atoms with Gasteiger partial charge >= 0.3 is 0 Å². The van der Waals surface area contributed by atoms with Crippen molar-refractivity contribution in [3.8, 4) is 5.75 Å². The number of aromatic nitrogens is 3. The fourth-order valence-electron chi connectivity index (χ4n) is 1.62. The number of ketones is 1. The normalized spacial score (nSPS) is 10.6. The highest BCUT2D eigenvalue weighted by Crippen LogP contribution is 2.23. The van der Waals surface area contributed by atoms with Crippen LogP contribution in [0, 0.1) is 12.7 Å². The minimum Gasteiger partial charge on any atom is -0.496 e. The largest absolute Gasteiger partial charge is 0.496 e. The molecule has 7 heteroatoms. The highest BCUT2D eigenvalue weighted by Gasteiger charge is 2.15. The van der Waals surface area contributed by atoms with Crippen molar-refractivity contribution in [3.05, 3.63) is 35.4 Å². The number of carbonyl (C=O) groups is 1. The Bertz CT molecular complexity index is 643. The van der Waals surface area contributed by atoms with Crippen LogP contribution in [-0.2, 0) is 7.05 Å².